The average molecular weight is 277 g/mol. The van der Waals surface area contributed by atoms with Crippen molar-refractivity contribution in [2.24, 2.45) is 0 Å². The molecule has 0 fully saturated rings. The Labute approximate surface area is 114 Å². The van der Waals surface area contributed by atoms with E-state index in [1.54, 1.807) is 25.4 Å². The van der Waals surface area contributed by atoms with Crippen LogP contribution in [-0.4, -0.2) is 17.0 Å². The van der Waals surface area contributed by atoms with E-state index in [2.05, 4.69) is 10.3 Å². The normalized spacial score (nSPS) is 10.1. The number of nitro benzene ring substituents is 1. The van der Waals surface area contributed by atoms with Crippen molar-refractivity contribution in [3.05, 3.63) is 58.2 Å². The van der Waals surface area contributed by atoms with Crippen LogP contribution in [0.25, 0.3) is 0 Å². The van der Waals surface area contributed by atoms with Crippen molar-refractivity contribution in [1.82, 2.24) is 4.98 Å². The van der Waals surface area contributed by atoms with Gasteiger partial charge in [0.15, 0.2) is 5.82 Å². The Hall–Kier alpha value is -2.70. The van der Waals surface area contributed by atoms with Crippen LogP contribution in [0.15, 0.2) is 36.5 Å². The van der Waals surface area contributed by atoms with Gasteiger partial charge in [-0.3, -0.25) is 15.1 Å². The van der Waals surface area contributed by atoms with Gasteiger partial charge in [0.05, 0.1) is 10.6 Å². The fourth-order valence-electron chi connectivity index (χ4n) is 1.64. The molecule has 1 N–H and O–H groups in total. The second-order valence-electron chi connectivity index (χ2n) is 3.92. The third-order valence-corrected chi connectivity index (χ3v) is 2.61. The number of benzene rings is 1. The summed E-state index contributed by atoms with van der Waals surface area (Å²) in [6.07, 6.45) is 1.57. The molecule has 2 aromatic rings. The summed E-state index contributed by atoms with van der Waals surface area (Å²) in [5.74, 6) is -1.15. The van der Waals surface area contributed by atoms with Crippen LogP contribution in [0.1, 0.15) is 5.69 Å². The molecule has 0 radical (unpaired) electrons. The maximum absolute atomic E-state index is 13.6. The number of nitro groups is 1. The fourth-order valence-corrected chi connectivity index (χ4v) is 1.64. The zero-order chi connectivity index (χ0) is 14.5. The molecule has 0 aliphatic rings. The quantitative estimate of drug-likeness (QED) is 0.671. The molecule has 1 aromatic heterocycles. The third kappa shape index (κ3) is 3.00. The number of anilines is 1. The summed E-state index contributed by atoms with van der Waals surface area (Å²) in [5.41, 5.74) is 0.950. The van der Waals surface area contributed by atoms with E-state index in [0.29, 0.717) is 5.69 Å². The van der Waals surface area contributed by atoms with Crippen molar-refractivity contribution < 1.29 is 14.1 Å². The predicted octanol–water partition coefficient (Wildman–Crippen LogP) is 2.75. The molecular formula is C13H12FN3O3. The minimum atomic E-state index is -0.774. The van der Waals surface area contributed by atoms with Gasteiger partial charge in [-0.15, -0.1) is 0 Å². The first-order valence-electron chi connectivity index (χ1n) is 5.80. The Morgan fingerprint density at radius 2 is 2.25 bits per heavy atom. The average Bonchev–Trinajstić information content (AvgIpc) is 2.45. The van der Waals surface area contributed by atoms with Gasteiger partial charge in [0.2, 0.25) is 5.75 Å². The number of rotatable bonds is 5. The molecule has 20 heavy (non-hydrogen) atoms. The SMILES string of the molecule is CNc1ccnc(COc2c(F)cccc2[N+](=O)[O-])c1. The van der Waals surface area contributed by atoms with Crippen LogP contribution in [0.4, 0.5) is 15.8 Å². The highest BCUT2D eigenvalue weighted by Gasteiger charge is 2.19. The Bertz CT molecular complexity index is 634. The Morgan fingerprint density at radius 1 is 1.45 bits per heavy atom. The zero-order valence-corrected chi connectivity index (χ0v) is 10.7. The first-order chi connectivity index (χ1) is 9.61. The lowest BCUT2D eigenvalue weighted by atomic mass is 10.3. The molecule has 0 amide bonds. The van der Waals surface area contributed by atoms with E-state index in [9.17, 15) is 14.5 Å². The van der Waals surface area contributed by atoms with Gasteiger partial charge in [0.25, 0.3) is 0 Å². The molecule has 7 heteroatoms. The summed E-state index contributed by atoms with van der Waals surface area (Å²) in [7, 11) is 1.75. The van der Waals surface area contributed by atoms with Crippen LogP contribution in [-0.2, 0) is 6.61 Å². The van der Waals surface area contributed by atoms with Crippen LogP contribution < -0.4 is 10.1 Å². The van der Waals surface area contributed by atoms with E-state index >= 15 is 0 Å². The lowest BCUT2D eigenvalue weighted by molar-refractivity contribution is -0.386. The molecule has 104 valence electrons. The first kappa shape index (κ1) is 13.7. The van der Waals surface area contributed by atoms with Gasteiger partial charge in [0.1, 0.15) is 6.61 Å². The molecular weight excluding hydrogens is 265 g/mol. The highest BCUT2D eigenvalue weighted by Crippen LogP contribution is 2.30. The van der Waals surface area contributed by atoms with Gasteiger partial charge in [-0.25, -0.2) is 4.39 Å². The number of nitrogens with one attached hydrogen (secondary N) is 1. The van der Waals surface area contributed by atoms with E-state index in [1.165, 1.54) is 12.1 Å². The summed E-state index contributed by atoms with van der Waals surface area (Å²) in [6, 6.07) is 7.04. The van der Waals surface area contributed by atoms with Crippen molar-refractivity contribution in [1.29, 1.82) is 0 Å². The van der Waals surface area contributed by atoms with Crippen molar-refractivity contribution in [3.63, 3.8) is 0 Å². The maximum Gasteiger partial charge on any atom is 0.314 e. The number of nitrogens with zero attached hydrogens (tertiary/aromatic N) is 2. The molecule has 0 saturated carbocycles. The number of para-hydroxylation sites is 1. The van der Waals surface area contributed by atoms with E-state index in [4.69, 9.17) is 4.74 Å². The summed E-state index contributed by atoms with van der Waals surface area (Å²) >= 11 is 0. The summed E-state index contributed by atoms with van der Waals surface area (Å²) in [6.45, 7) is -0.0582. The van der Waals surface area contributed by atoms with Crippen molar-refractivity contribution in [3.8, 4) is 5.75 Å². The molecule has 1 aromatic carbocycles. The van der Waals surface area contributed by atoms with Gasteiger partial charge in [0, 0.05) is 25.0 Å². The third-order valence-electron chi connectivity index (χ3n) is 2.61. The Balaban J connectivity index is 2.20. The maximum atomic E-state index is 13.6. The number of halogens is 1. The topological polar surface area (TPSA) is 77.3 Å². The smallest absolute Gasteiger partial charge is 0.314 e. The molecule has 0 bridgehead atoms. The molecule has 6 nitrogen and oxygen atoms in total. The molecule has 0 aliphatic carbocycles. The second-order valence-corrected chi connectivity index (χ2v) is 3.92. The summed E-state index contributed by atoms with van der Waals surface area (Å²) < 4.78 is 18.8. The van der Waals surface area contributed by atoms with Crippen molar-refractivity contribution in [2.45, 2.75) is 6.61 Å². The number of hydrogen-bond donors (Lipinski definition) is 1. The largest absolute Gasteiger partial charge is 0.478 e. The molecule has 0 unspecified atom stereocenters. The summed E-state index contributed by atoms with van der Waals surface area (Å²) in [4.78, 5) is 14.2. The first-order valence-corrected chi connectivity index (χ1v) is 5.80. The lowest BCUT2D eigenvalue weighted by Crippen LogP contribution is -2.03. The van der Waals surface area contributed by atoms with E-state index in [0.717, 1.165) is 11.8 Å². The lowest BCUT2D eigenvalue weighted by Gasteiger charge is -2.08. The van der Waals surface area contributed by atoms with Gasteiger partial charge >= 0.3 is 5.69 Å². The number of pyridine rings is 1. The number of ether oxygens (including phenoxy) is 1. The molecule has 0 spiro atoms. The minimum absolute atomic E-state index is 0.0582. The van der Waals surface area contributed by atoms with Gasteiger partial charge in [-0.05, 0) is 18.2 Å². The van der Waals surface area contributed by atoms with E-state index in [1.807, 2.05) is 0 Å². The van der Waals surface area contributed by atoms with Crippen LogP contribution in [0.5, 0.6) is 5.75 Å². The second kappa shape index (κ2) is 5.96. The van der Waals surface area contributed by atoms with E-state index < -0.39 is 16.4 Å². The Morgan fingerprint density at radius 3 is 2.95 bits per heavy atom. The zero-order valence-electron chi connectivity index (χ0n) is 10.7. The minimum Gasteiger partial charge on any atom is -0.478 e. The summed E-state index contributed by atoms with van der Waals surface area (Å²) in [5, 5.41) is 13.7. The van der Waals surface area contributed by atoms with Gasteiger partial charge in [-0.1, -0.05) is 6.07 Å². The predicted molar refractivity (Wildman–Crippen MR) is 71.2 cm³/mol. The molecule has 0 atom stereocenters. The standard InChI is InChI=1S/C13H12FN3O3/c1-15-9-5-6-16-10(7-9)8-20-13-11(14)3-2-4-12(13)17(18)19/h2-7H,8H2,1H3,(H,15,16). The van der Waals surface area contributed by atoms with Crippen LogP contribution >= 0.6 is 0 Å². The number of hydrogen-bond acceptors (Lipinski definition) is 5. The van der Waals surface area contributed by atoms with Gasteiger partial charge < -0.3 is 10.1 Å². The van der Waals surface area contributed by atoms with E-state index in [-0.39, 0.29) is 12.4 Å². The fraction of sp³-hybridized carbons (Fsp3) is 0.154. The monoisotopic (exact) mass is 277 g/mol. The van der Waals surface area contributed by atoms with Crippen LogP contribution in [0, 0.1) is 15.9 Å². The van der Waals surface area contributed by atoms with Gasteiger partial charge in [-0.2, -0.15) is 0 Å². The molecule has 0 saturated heterocycles. The van der Waals surface area contributed by atoms with Crippen LogP contribution in [0.3, 0.4) is 0 Å². The molecule has 1 heterocycles. The van der Waals surface area contributed by atoms with Crippen molar-refractivity contribution in [2.75, 3.05) is 12.4 Å². The highest BCUT2D eigenvalue weighted by molar-refractivity contribution is 5.47. The van der Waals surface area contributed by atoms with Crippen molar-refractivity contribution >= 4 is 11.4 Å². The number of aromatic nitrogens is 1. The Kier molecular flexibility index (Phi) is 4.09. The van der Waals surface area contributed by atoms with Crippen LogP contribution in [0.2, 0.25) is 0 Å². The highest BCUT2D eigenvalue weighted by atomic mass is 19.1. The molecule has 0 aliphatic heterocycles. The molecule has 2 rings (SSSR count).